The second kappa shape index (κ2) is 5.82. The summed E-state index contributed by atoms with van der Waals surface area (Å²) in [7, 11) is -3.29. The van der Waals surface area contributed by atoms with Gasteiger partial charge >= 0.3 is 12.0 Å². The van der Waals surface area contributed by atoms with E-state index in [9.17, 15) is 18.0 Å². The van der Waals surface area contributed by atoms with Crippen LogP contribution in [0.5, 0.6) is 0 Å². The molecule has 8 nitrogen and oxygen atoms in total. The molecule has 17 heavy (non-hydrogen) atoms. The van der Waals surface area contributed by atoms with Crippen LogP contribution < -0.4 is 15.4 Å². The Labute approximate surface area is 99.8 Å². The van der Waals surface area contributed by atoms with E-state index < -0.39 is 27.6 Å². The summed E-state index contributed by atoms with van der Waals surface area (Å²) < 4.78 is 23.5. The Morgan fingerprint density at radius 2 is 1.76 bits per heavy atom. The first-order valence-corrected chi connectivity index (χ1v) is 6.68. The summed E-state index contributed by atoms with van der Waals surface area (Å²) in [4.78, 5) is 21.9. The lowest BCUT2D eigenvalue weighted by Gasteiger charge is -2.21. The number of sulfonamides is 1. The molecule has 0 atom stereocenters. The van der Waals surface area contributed by atoms with E-state index in [1.54, 1.807) is 0 Å². The molecule has 2 amide bonds. The second-order valence-electron chi connectivity index (χ2n) is 3.98. The van der Waals surface area contributed by atoms with E-state index in [0.717, 1.165) is 6.26 Å². The molecule has 0 aromatic heterocycles. The van der Waals surface area contributed by atoms with Crippen LogP contribution in [-0.2, 0) is 14.8 Å². The van der Waals surface area contributed by atoms with Gasteiger partial charge in [-0.1, -0.05) is 0 Å². The van der Waals surface area contributed by atoms with E-state index in [4.69, 9.17) is 5.11 Å². The normalized spacial score (nSPS) is 11.9. The van der Waals surface area contributed by atoms with Crippen LogP contribution in [0.4, 0.5) is 4.79 Å². The second-order valence-corrected chi connectivity index (χ2v) is 5.81. The number of hydrogen-bond acceptors (Lipinski definition) is 4. The van der Waals surface area contributed by atoms with Crippen LogP contribution in [0.25, 0.3) is 0 Å². The minimum Gasteiger partial charge on any atom is -0.480 e. The summed E-state index contributed by atoms with van der Waals surface area (Å²) in [6, 6.07) is -0.673. The summed E-state index contributed by atoms with van der Waals surface area (Å²) in [6.07, 6.45) is 1.00. The molecule has 0 rings (SSSR count). The van der Waals surface area contributed by atoms with Crippen LogP contribution in [0.1, 0.15) is 13.8 Å². The van der Waals surface area contributed by atoms with Crippen molar-refractivity contribution in [1.82, 2.24) is 15.4 Å². The molecule has 0 bridgehead atoms. The lowest BCUT2D eigenvalue weighted by Crippen LogP contribution is -2.53. The number of nitrogens with one attached hydrogen (secondary N) is 3. The number of carbonyl (C=O) groups excluding carboxylic acids is 1. The van der Waals surface area contributed by atoms with Gasteiger partial charge in [-0.15, -0.1) is 0 Å². The van der Waals surface area contributed by atoms with E-state index in [1.165, 1.54) is 13.8 Å². The number of carboxylic acids is 1. The van der Waals surface area contributed by atoms with Crippen molar-refractivity contribution in [2.45, 2.75) is 19.4 Å². The third kappa shape index (κ3) is 7.53. The van der Waals surface area contributed by atoms with Gasteiger partial charge in [0.1, 0.15) is 5.54 Å². The number of aliphatic carboxylic acids is 1. The van der Waals surface area contributed by atoms with Gasteiger partial charge in [0.2, 0.25) is 10.0 Å². The highest BCUT2D eigenvalue weighted by Gasteiger charge is 2.28. The highest BCUT2D eigenvalue weighted by molar-refractivity contribution is 7.88. The largest absolute Gasteiger partial charge is 0.480 e. The summed E-state index contributed by atoms with van der Waals surface area (Å²) in [5.41, 5.74) is -1.38. The molecular formula is C8H17N3O5S. The molecule has 0 aliphatic heterocycles. The number of hydrogen-bond donors (Lipinski definition) is 4. The van der Waals surface area contributed by atoms with Gasteiger partial charge in [0.25, 0.3) is 0 Å². The Morgan fingerprint density at radius 3 is 2.18 bits per heavy atom. The predicted octanol–water partition coefficient (Wildman–Crippen LogP) is -1.30. The molecule has 0 aliphatic carbocycles. The van der Waals surface area contributed by atoms with Crippen LogP contribution in [0.15, 0.2) is 0 Å². The molecule has 0 spiro atoms. The summed E-state index contributed by atoms with van der Waals surface area (Å²) in [5, 5.41) is 13.3. The van der Waals surface area contributed by atoms with Gasteiger partial charge in [0, 0.05) is 13.1 Å². The molecule has 0 heterocycles. The molecule has 0 aliphatic rings. The van der Waals surface area contributed by atoms with Crippen molar-refractivity contribution in [2.75, 3.05) is 19.3 Å². The van der Waals surface area contributed by atoms with Gasteiger partial charge in [-0.25, -0.2) is 22.7 Å². The van der Waals surface area contributed by atoms with Gasteiger partial charge < -0.3 is 15.7 Å². The quantitative estimate of drug-likeness (QED) is 0.445. The SMILES string of the molecule is CC(C)(NC(=O)NCCNS(C)(=O)=O)C(=O)O. The first-order chi connectivity index (χ1) is 7.54. The zero-order valence-electron chi connectivity index (χ0n) is 9.90. The Kier molecular flexibility index (Phi) is 5.36. The van der Waals surface area contributed by atoms with Gasteiger partial charge in [-0.2, -0.15) is 0 Å². The van der Waals surface area contributed by atoms with E-state index in [1.807, 2.05) is 0 Å². The summed E-state index contributed by atoms with van der Waals surface area (Å²) in [5.74, 6) is -1.16. The molecule has 9 heteroatoms. The van der Waals surface area contributed by atoms with Crippen LogP contribution >= 0.6 is 0 Å². The van der Waals surface area contributed by atoms with Crippen molar-refractivity contribution < 1.29 is 23.1 Å². The lowest BCUT2D eigenvalue weighted by atomic mass is 10.1. The van der Waals surface area contributed by atoms with Crippen molar-refractivity contribution in [3.8, 4) is 0 Å². The highest BCUT2D eigenvalue weighted by Crippen LogP contribution is 2.00. The van der Waals surface area contributed by atoms with E-state index >= 15 is 0 Å². The summed E-state index contributed by atoms with van der Waals surface area (Å²) in [6.45, 7) is 2.78. The topological polar surface area (TPSA) is 125 Å². The fourth-order valence-electron chi connectivity index (χ4n) is 0.794. The molecule has 0 unspecified atom stereocenters. The molecular weight excluding hydrogens is 250 g/mol. The third-order valence-electron chi connectivity index (χ3n) is 1.74. The van der Waals surface area contributed by atoms with Crippen LogP contribution in [0.2, 0.25) is 0 Å². The smallest absolute Gasteiger partial charge is 0.328 e. The van der Waals surface area contributed by atoms with Crippen LogP contribution in [0, 0.1) is 0 Å². The van der Waals surface area contributed by atoms with Crippen LogP contribution in [0.3, 0.4) is 0 Å². The Morgan fingerprint density at radius 1 is 1.24 bits per heavy atom. The van der Waals surface area contributed by atoms with Crippen molar-refractivity contribution in [1.29, 1.82) is 0 Å². The van der Waals surface area contributed by atoms with Gasteiger partial charge in [-0.3, -0.25) is 0 Å². The number of rotatable bonds is 6. The average molecular weight is 267 g/mol. The number of carbonyl (C=O) groups is 2. The number of carboxylic acid groups (broad SMARTS) is 1. The number of urea groups is 1. The molecule has 4 N–H and O–H groups in total. The van der Waals surface area contributed by atoms with Crippen molar-refractivity contribution in [2.24, 2.45) is 0 Å². The van der Waals surface area contributed by atoms with Gasteiger partial charge in [0.05, 0.1) is 6.26 Å². The average Bonchev–Trinajstić information content (AvgIpc) is 2.10. The minimum atomic E-state index is -3.29. The number of amides is 2. The molecule has 0 aromatic carbocycles. The molecule has 0 saturated carbocycles. The monoisotopic (exact) mass is 267 g/mol. The van der Waals surface area contributed by atoms with E-state index in [0.29, 0.717) is 0 Å². The minimum absolute atomic E-state index is 0.0414. The fourth-order valence-corrected chi connectivity index (χ4v) is 1.27. The third-order valence-corrected chi connectivity index (χ3v) is 2.46. The summed E-state index contributed by atoms with van der Waals surface area (Å²) >= 11 is 0. The lowest BCUT2D eigenvalue weighted by molar-refractivity contribution is -0.142. The van der Waals surface area contributed by atoms with E-state index in [2.05, 4.69) is 15.4 Å². The fraction of sp³-hybridized carbons (Fsp3) is 0.750. The standard InChI is InChI=1S/C8H17N3O5S/c1-8(2,6(12)13)11-7(14)9-4-5-10-17(3,15)16/h10H,4-5H2,1-3H3,(H,12,13)(H2,9,11,14). The molecule has 100 valence electrons. The molecule has 0 fully saturated rings. The zero-order chi connectivity index (χ0) is 13.7. The predicted molar refractivity (Wildman–Crippen MR) is 61.1 cm³/mol. The Hall–Kier alpha value is -1.35. The zero-order valence-corrected chi connectivity index (χ0v) is 10.7. The molecule has 0 saturated heterocycles. The van der Waals surface area contributed by atoms with Crippen LogP contribution in [-0.4, -0.2) is 50.4 Å². The van der Waals surface area contributed by atoms with Crippen molar-refractivity contribution in [3.05, 3.63) is 0 Å². The first-order valence-electron chi connectivity index (χ1n) is 4.78. The molecule has 0 aromatic rings. The maximum absolute atomic E-state index is 11.2. The van der Waals surface area contributed by atoms with Gasteiger partial charge in [-0.05, 0) is 13.8 Å². The highest BCUT2D eigenvalue weighted by atomic mass is 32.2. The van der Waals surface area contributed by atoms with Crippen molar-refractivity contribution in [3.63, 3.8) is 0 Å². The molecule has 0 radical (unpaired) electrons. The van der Waals surface area contributed by atoms with Gasteiger partial charge in [0.15, 0.2) is 0 Å². The van der Waals surface area contributed by atoms with Crippen molar-refractivity contribution >= 4 is 22.0 Å². The van der Waals surface area contributed by atoms with E-state index in [-0.39, 0.29) is 13.1 Å². The maximum atomic E-state index is 11.2. The first kappa shape index (κ1) is 15.7. The Balaban J connectivity index is 3.94. The maximum Gasteiger partial charge on any atom is 0.328 e. The Bertz CT molecular complexity index is 390.